The number of fused-ring (bicyclic) bond motifs is 1. The van der Waals surface area contributed by atoms with Crippen LogP contribution < -0.4 is 10.2 Å². The molecule has 152 valence electrons. The normalized spacial score (nSPS) is 13.9. The van der Waals surface area contributed by atoms with E-state index in [0.717, 1.165) is 11.3 Å². The molecule has 2 amide bonds. The molecule has 0 bridgehead atoms. The molecule has 0 radical (unpaired) electrons. The first-order valence-corrected chi connectivity index (χ1v) is 9.21. The van der Waals surface area contributed by atoms with Crippen LogP contribution in [0.2, 0.25) is 0 Å². The van der Waals surface area contributed by atoms with Gasteiger partial charge in [0.05, 0.1) is 12.7 Å². The second-order valence-corrected chi connectivity index (χ2v) is 7.18. The minimum Gasteiger partial charge on any atom is -0.459 e. The number of hydrogen-bond donors (Lipinski definition) is 1. The molecule has 3 rings (SSSR count). The number of amides is 2. The molecule has 1 aliphatic heterocycles. The number of furan rings is 1. The molecule has 1 atom stereocenters. The first-order valence-electron chi connectivity index (χ1n) is 9.21. The molecule has 0 aliphatic carbocycles. The van der Waals surface area contributed by atoms with Crippen molar-refractivity contribution in [3.63, 3.8) is 0 Å². The van der Waals surface area contributed by atoms with Gasteiger partial charge in [-0.05, 0) is 41.8 Å². The third-order valence-corrected chi connectivity index (χ3v) is 4.78. The SMILES string of the molecule is CC(C)[C@H](NC(=O)c1ccco1)C(=O)OCC(=O)c1ccc2c(c1)CC(=O)N2C. The van der Waals surface area contributed by atoms with E-state index in [1.54, 1.807) is 50.1 Å². The summed E-state index contributed by atoms with van der Waals surface area (Å²) in [7, 11) is 1.68. The van der Waals surface area contributed by atoms with Crippen molar-refractivity contribution < 1.29 is 28.3 Å². The Labute approximate surface area is 167 Å². The van der Waals surface area contributed by atoms with Gasteiger partial charge in [-0.1, -0.05) is 13.8 Å². The highest BCUT2D eigenvalue weighted by Crippen LogP contribution is 2.28. The number of rotatable bonds is 7. The lowest BCUT2D eigenvalue weighted by Gasteiger charge is -2.20. The number of Topliss-reactive ketones (excluding diaryl/α,β-unsaturated/α-hetero) is 1. The van der Waals surface area contributed by atoms with E-state index < -0.39 is 24.5 Å². The van der Waals surface area contributed by atoms with Crippen LogP contribution in [0.1, 0.15) is 40.3 Å². The summed E-state index contributed by atoms with van der Waals surface area (Å²) in [6, 6.07) is 7.08. The van der Waals surface area contributed by atoms with E-state index in [9.17, 15) is 19.2 Å². The number of ketones is 1. The van der Waals surface area contributed by atoms with Gasteiger partial charge in [0, 0.05) is 18.3 Å². The van der Waals surface area contributed by atoms with Crippen molar-refractivity contribution in [1.82, 2.24) is 5.32 Å². The minimum atomic E-state index is -0.924. The second-order valence-electron chi connectivity index (χ2n) is 7.18. The number of benzene rings is 1. The second kappa shape index (κ2) is 8.30. The summed E-state index contributed by atoms with van der Waals surface area (Å²) in [6.07, 6.45) is 1.60. The number of carbonyl (C=O) groups is 4. The smallest absolute Gasteiger partial charge is 0.329 e. The van der Waals surface area contributed by atoms with Crippen LogP contribution in [0.15, 0.2) is 41.0 Å². The van der Waals surface area contributed by atoms with Crippen LogP contribution in [0.4, 0.5) is 5.69 Å². The maximum absolute atomic E-state index is 12.4. The topological polar surface area (TPSA) is 106 Å². The molecule has 1 aromatic heterocycles. The zero-order valence-electron chi connectivity index (χ0n) is 16.4. The molecule has 1 N–H and O–H groups in total. The molecule has 0 spiro atoms. The van der Waals surface area contributed by atoms with E-state index in [2.05, 4.69) is 5.32 Å². The van der Waals surface area contributed by atoms with Crippen LogP contribution in [0, 0.1) is 5.92 Å². The molecule has 1 aromatic carbocycles. The first-order chi connectivity index (χ1) is 13.8. The Balaban J connectivity index is 1.61. The molecule has 8 heteroatoms. The number of esters is 1. The highest BCUT2D eigenvalue weighted by molar-refractivity contribution is 6.04. The summed E-state index contributed by atoms with van der Waals surface area (Å²) in [5, 5.41) is 2.56. The quantitative estimate of drug-likeness (QED) is 0.565. The van der Waals surface area contributed by atoms with Crippen molar-refractivity contribution in [2.24, 2.45) is 5.92 Å². The van der Waals surface area contributed by atoms with Crippen molar-refractivity contribution in [1.29, 1.82) is 0 Å². The van der Waals surface area contributed by atoms with Crippen LogP contribution in [0.25, 0.3) is 0 Å². The van der Waals surface area contributed by atoms with Crippen LogP contribution in [-0.2, 0) is 20.7 Å². The number of nitrogens with one attached hydrogen (secondary N) is 1. The summed E-state index contributed by atoms with van der Waals surface area (Å²) >= 11 is 0. The fourth-order valence-corrected chi connectivity index (χ4v) is 3.07. The van der Waals surface area contributed by atoms with Gasteiger partial charge in [-0.3, -0.25) is 14.4 Å². The summed E-state index contributed by atoms with van der Waals surface area (Å²) < 4.78 is 10.2. The average molecular weight is 398 g/mol. The lowest BCUT2D eigenvalue weighted by molar-refractivity contribution is -0.146. The first kappa shape index (κ1) is 20.3. The van der Waals surface area contributed by atoms with Crippen molar-refractivity contribution >= 4 is 29.3 Å². The molecular formula is C21H22N2O6. The van der Waals surface area contributed by atoms with Gasteiger partial charge in [0.25, 0.3) is 5.91 Å². The van der Waals surface area contributed by atoms with Gasteiger partial charge in [-0.25, -0.2) is 4.79 Å². The highest BCUT2D eigenvalue weighted by atomic mass is 16.5. The molecule has 0 fully saturated rings. The van der Waals surface area contributed by atoms with Gasteiger partial charge in [0.15, 0.2) is 18.2 Å². The fraction of sp³-hybridized carbons (Fsp3) is 0.333. The predicted molar refractivity (Wildman–Crippen MR) is 104 cm³/mol. The third-order valence-electron chi connectivity index (χ3n) is 4.78. The van der Waals surface area contributed by atoms with Crippen LogP contribution >= 0.6 is 0 Å². The molecule has 1 aliphatic rings. The van der Waals surface area contributed by atoms with Crippen molar-refractivity contribution in [2.75, 3.05) is 18.6 Å². The van der Waals surface area contributed by atoms with Gasteiger partial charge in [-0.2, -0.15) is 0 Å². The van der Waals surface area contributed by atoms with Gasteiger partial charge >= 0.3 is 5.97 Å². The summed E-state index contributed by atoms with van der Waals surface area (Å²) in [4.78, 5) is 50.3. The van der Waals surface area contributed by atoms with Gasteiger partial charge in [0.2, 0.25) is 5.91 Å². The average Bonchev–Trinajstić information content (AvgIpc) is 3.32. The molecule has 2 heterocycles. The highest BCUT2D eigenvalue weighted by Gasteiger charge is 2.28. The van der Waals surface area contributed by atoms with Crippen LogP contribution in [-0.4, -0.2) is 43.3 Å². The van der Waals surface area contributed by atoms with Gasteiger partial charge in [0.1, 0.15) is 6.04 Å². The number of hydrogen-bond acceptors (Lipinski definition) is 6. The summed E-state index contributed by atoms with van der Waals surface area (Å²) in [5.74, 6) is -1.84. The third kappa shape index (κ3) is 4.37. The Bertz CT molecular complexity index is 948. The molecular weight excluding hydrogens is 376 g/mol. The summed E-state index contributed by atoms with van der Waals surface area (Å²) in [6.45, 7) is 3.05. The van der Waals surface area contributed by atoms with E-state index >= 15 is 0 Å². The largest absolute Gasteiger partial charge is 0.459 e. The molecule has 0 saturated heterocycles. The standard InChI is InChI=1S/C21H22N2O6/c1-12(2)19(22-20(26)17-5-4-8-28-17)21(27)29-11-16(24)13-6-7-15-14(9-13)10-18(25)23(15)3/h4-9,12,19H,10-11H2,1-3H3,(H,22,26)/t19-/m0/s1. The number of anilines is 1. The number of ether oxygens (including phenoxy) is 1. The maximum Gasteiger partial charge on any atom is 0.329 e. The van der Waals surface area contributed by atoms with Gasteiger partial charge in [-0.15, -0.1) is 0 Å². The Morgan fingerprint density at radius 2 is 2.00 bits per heavy atom. The number of nitrogens with zero attached hydrogens (tertiary/aromatic N) is 1. The van der Waals surface area contributed by atoms with E-state index in [-0.39, 0.29) is 29.8 Å². The van der Waals surface area contributed by atoms with E-state index in [1.807, 2.05) is 0 Å². The molecule has 8 nitrogen and oxygen atoms in total. The predicted octanol–water partition coefficient (Wildman–Crippen LogP) is 1.98. The van der Waals surface area contributed by atoms with Crippen molar-refractivity contribution in [3.05, 3.63) is 53.5 Å². The molecule has 29 heavy (non-hydrogen) atoms. The van der Waals surface area contributed by atoms with E-state index in [1.165, 1.54) is 12.3 Å². The molecule has 0 saturated carbocycles. The lowest BCUT2D eigenvalue weighted by Crippen LogP contribution is -2.45. The summed E-state index contributed by atoms with van der Waals surface area (Å²) in [5.41, 5.74) is 1.89. The van der Waals surface area contributed by atoms with Crippen LogP contribution in [0.3, 0.4) is 0 Å². The minimum absolute atomic E-state index is 0.0388. The zero-order valence-corrected chi connectivity index (χ0v) is 16.4. The van der Waals surface area contributed by atoms with E-state index in [0.29, 0.717) is 5.56 Å². The van der Waals surface area contributed by atoms with Crippen LogP contribution in [0.5, 0.6) is 0 Å². The van der Waals surface area contributed by atoms with E-state index in [4.69, 9.17) is 9.15 Å². The Morgan fingerprint density at radius 3 is 2.66 bits per heavy atom. The Kier molecular flexibility index (Phi) is 5.81. The number of carbonyl (C=O) groups excluding carboxylic acids is 4. The number of likely N-dealkylation sites (N-methyl/N-ethyl adjacent to an activating group) is 1. The van der Waals surface area contributed by atoms with Crippen molar-refractivity contribution in [3.8, 4) is 0 Å². The Morgan fingerprint density at radius 1 is 1.24 bits per heavy atom. The molecule has 0 unspecified atom stereocenters. The lowest BCUT2D eigenvalue weighted by atomic mass is 10.0. The van der Waals surface area contributed by atoms with Crippen molar-refractivity contribution in [2.45, 2.75) is 26.3 Å². The maximum atomic E-state index is 12.4. The Hall–Kier alpha value is -3.42. The fourth-order valence-electron chi connectivity index (χ4n) is 3.07. The monoisotopic (exact) mass is 398 g/mol. The van der Waals surface area contributed by atoms with Gasteiger partial charge < -0.3 is 19.4 Å². The zero-order chi connectivity index (χ0) is 21.1. The molecule has 2 aromatic rings.